The first-order valence-electron chi connectivity index (χ1n) is 9.53. The monoisotopic (exact) mass is 526 g/mol. The smallest absolute Gasteiger partial charge is 0.238 e. The van der Waals surface area contributed by atoms with Crippen molar-refractivity contribution in [3.63, 3.8) is 0 Å². The molecule has 0 spiro atoms. The number of nitrogens with two attached hydrogens (primary N) is 1. The number of guanidine groups is 1. The highest BCUT2D eigenvalue weighted by Gasteiger charge is 2.12. The Morgan fingerprint density at radius 1 is 1.18 bits per heavy atom. The summed E-state index contributed by atoms with van der Waals surface area (Å²) in [6.07, 6.45) is 1.86. The lowest BCUT2D eigenvalue weighted by atomic mass is 10.0. The zero-order chi connectivity index (χ0) is 20.3. The number of rotatable bonds is 11. The second-order valence-electron chi connectivity index (χ2n) is 6.65. The maximum Gasteiger partial charge on any atom is 0.238 e. The molecule has 9 heteroatoms. The minimum atomic E-state index is -3.64. The van der Waals surface area contributed by atoms with Crippen molar-refractivity contribution in [3.05, 3.63) is 29.8 Å². The lowest BCUT2D eigenvalue weighted by Gasteiger charge is -2.20. The first-order valence-corrected chi connectivity index (χ1v) is 11.1. The van der Waals surface area contributed by atoms with E-state index < -0.39 is 10.0 Å². The highest BCUT2D eigenvalue weighted by Crippen LogP contribution is 2.11. The normalized spacial score (nSPS) is 13.1. The van der Waals surface area contributed by atoms with Gasteiger partial charge in [-0.25, -0.2) is 13.6 Å². The fraction of sp³-hybridized carbons (Fsp3) is 0.632. The zero-order valence-electron chi connectivity index (χ0n) is 17.3. The Kier molecular flexibility index (Phi) is 13.7. The van der Waals surface area contributed by atoms with Gasteiger partial charge in [0.1, 0.15) is 0 Å². The van der Waals surface area contributed by atoms with Gasteiger partial charge in [-0.1, -0.05) is 26.0 Å². The Labute approximate surface area is 187 Å². The molecule has 0 radical (unpaired) electrons. The summed E-state index contributed by atoms with van der Waals surface area (Å²) in [6.45, 7) is 11.3. The molecule has 0 aliphatic rings. The van der Waals surface area contributed by atoms with Gasteiger partial charge >= 0.3 is 0 Å². The number of hydrogen-bond acceptors (Lipinski definition) is 4. The van der Waals surface area contributed by atoms with E-state index in [1.54, 1.807) is 12.1 Å². The first kappa shape index (κ1) is 27.1. The molecule has 1 rings (SSSR count). The van der Waals surface area contributed by atoms with E-state index in [0.717, 1.165) is 37.5 Å². The van der Waals surface area contributed by atoms with E-state index in [4.69, 9.17) is 9.88 Å². The zero-order valence-corrected chi connectivity index (χ0v) is 20.4. The lowest BCUT2D eigenvalue weighted by Crippen LogP contribution is -2.38. The second kappa shape index (κ2) is 14.1. The Morgan fingerprint density at radius 2 is 1.82 bits per heavy atom. The van der Waals surface area contributed by atoms with Gasteiger partial charge in [-0.3, -0.25) is 4.99 Å². The summed E-state index contributed by atoms with van der Waals surface area (Å²) >= 11 is 0. The van der Waals surface area contributed by atoms with Crippen molar-refractivity contribution in [1.29, 1.82) is 0 Å². The molecule has 0 aromatic heterocycles. The highest BCUT2D eigenvalue weighted by molar-refractivity contribution is 14.0. The minimum absolute atomic E-state index is 0. The molecule has 1 unspecified atom stereocenters. The first-order chi connectivity index (χ1) is 12.8. The number of sulfonamides is 1. The minimum Gasteiger partial charge on any atom is -0.378 e. The molecule has 1 aromatic carbocycles. The van der Waals surface area contributed by atoms with Crippen LogP contribution in [0.25, 0.3) is 0 Å². The van der Waals surface area contributed by atoms with E-state index in [9.17, 15) is 8.42 Å². The summed E-state index contributed by atoms with van der Waals surface area (Å²) in [5.41, 5.74) is 1.03. The summed E-state index contributed by atoms with van der Waals surface area (Å²) in [6, 6.07) is 6.62. The highest BCUT2D eigenvalue weighted by atomic mass is 127. The van der Waals surface area contributed by atoms with Crippen LogP contribution in [0.2, 0.25) is 0 Å². The maximum atomic E-state index is 11.3. The summed E-state index contributed by atoms with van der Waals surface area (Å²) in [7, 11) is -3.64. The average molecular weight is 526 g/mol. The van der Waals surface area contributed by atoms with Crippen LogP contribution in [0.5, 0.6) is 0 Å². The van der Waals surface area contributed by atoms with Crippen molar-refractivity contribution >= 4 is 40.0 Å². The number of benzene rings is 1. The van der Waals surface area contributed by atoms with E-state index in [-0.39, 0.29) is 35.0 Å². The third-order valence-corrected chi connectivity index (χ3v) is 5.04. The molecule has 0 saturated heterocycles. The molecular weight excluding hydrogens is 491 g/mol. The van der Waals surface area contributed by atoms with E-state index in [0.29, 0.717) is 19.0 Å². The van der Waals surface area contributed by atoms with E-state index >= 15 is 0 Å². The topological polar surface area (TPSA) is 106 Å². The summed E-state index contributed by atoms with van der Waals surface area (Å²) < 4.78 is 28.3. The number of aliphatic imine (C=N–C) groups is 1. The number of hydrogen-bond donors (Lipinski definition) is 3. The third kappa shape index (κ3) is 10.6. The number of ether oxygens (including phenoxy) is 1. The summed E-state index contributed by atoms with van der Waals surface area (Å²) in [5, 5.41) is 11.7. The average Bonchev–Trinajstić information content (AvgIpc) is 2.60. The molecule has 0 aliphatic carbocycles. The summed E-state index contributed by atoms with van der Waals surface area (Å²) in [5.74, 6) is 1.24. The van der Waals surface area contributed by atoms with Crippen LogP contribution in [0.1, 0.15) is 39.7 Å². The van der Waals surface area contributed by atoms with Crippen molar-refractivity contribution in [1.82, 2.24) is 10.6 Å². The van der Waals surface area contributed by atoms with E-state index in [2.05, 4.69) is 29.5 Å². The number of nitrogens with zero attached hydrogens (tertiary/aromatic N) is 1. The molecule has 7 nitrogen and oxygen atoms in total. The van der Waals surface area contributed by atoms with Crippen molar-refractivity contribution in [3.8, 4) is 0 Å². The molecule has 0 amide bonds. The molecule has 28 heavy (non-hydrogen) atoms. The molecule has 1 atom stereocenters. The van der Waals surface area contributed by atoms with Crippen molar-refractivity contribution < 1.29 is 13.2 Å². The van der Waals surface area contributed by atoms with Crippen LogP contribution in [-0.4, -0.2) is 46.7 Å². The molecule has 1 aromatic rings. The van der Waals surface area contributed by atoms with Gasteiger partial charge in [-0.15, -0.1) is 24.0 Å². The maximum absolute atomic E-state index is 11.3. The van der Waals surface area contributed by atoms with Crippen LogP contribution in [0.3, 0.4) is 0 Å². The van der Waals surface area contributed by atoms with Crippen LogP contribution in [0.4, 0.5) is 0 Å². The SMILES string of the molecule is CCNC(=NCCC(OCC)C(C)C)NCCc1ccc(S(N)(=O)=O)cc1.I. The second-order valence-corrected chi connectivity index (χ2v) is 8.21. The van der Waals surface area contributed by atoms with Crippen LogP contribution < -0.4 is 15.8 Å². The summed E-state index contributed by atoms with van der Waals surface area (Å²) in [4.78, 5) is 4.74. The Balaban J connectivity index is 0.00000729. The number of halogens is 1. The van der Waals surface area contributed by atoms with Crippen molar-refractivity contribution in [2.24, 2.45) is 16.0 Å². The third-order valence-electron chi connectivity index (χ3n) is 4.11. The molecule has 0 heterocycles. The van der Waals surface area contributed by atoms with Crippen LogP contribution >= 0.6 is 24.0 Å². The number of primary sulfonamides is 1. The van der Waals surface area contributed by atoms with Gasteiger partial charge in [-0.05, 0) is 50.3 Å². The molecule has 0 aliphatic heterocycles. The molecule has 0 saturated carbocycles. The molecule has 0 fully saturated rings. The van der Waals surface area contributed by atoms with Crippen molar-refractivity contribution in [2.75, 3.05) is 26.2 Å². The van der Waals surface area contributed by atoms with E-state index in [1.165, 1.54) is 12.1 Å². The van der Waals surface area contributed by atoms with Crippen LogP contribution in [0, 0.1) is 5.92 Å². The van der Waals surface area contributed by atoms with Gasteiger partial charge < -0.3 is 15.4 Å². The van der Waals surface area contributed by atoms with Gasteiger partial charge in [0, 0.05) is 26.2 Å². The molecular formula is C19H35IN4O3S. The molecule has 162 valence electrons. The van der Waals surface area contributed by atoms with Gasteiger partial charge in [0.05, 0.1) is 11.0 Å². The van der Waals surface area contributed by atoms with Gasteiger partial charge in [0.2, 0.25) is 10.0 Å². The quantitative estimate of drug-likeness (QED) is 0.234. The largest absolute Gasteiger partial charge is 0.378 e. The van der Waals surface area contributed by atoms with E-state index in [1.807, 2.05) is 13.8 Å². The number of nitrogens with one attached hydrogen (secondary N) is 2. The Bertz CT molecular complexity index is 679. The lowest BCUT2D eigenvalue weighted by molar-refractivity contribution is 0.0266. The molecule has 4 N–H and O–H groups in total. The van der Waals surface area contributed by atoms with Crippen LogP contribution in [-0.2, 0) is 21.2 Å². The predicted octanol–water partition coefficient (Wildman–Crippen LogP) is 2.50. The molecule has 0 bridgehead atoms. The Morgan fingerprint density at radius 3 is 2.32 bits per heavy atom. The standard InChI is InChI=1S/C19H34N4O3S.HI/c1-5-21-19(23-14-12-18(15(3)4)26-6-2)22-13-11-16-7-9-17(10-8-16)27(20,24)25;/h7-10,15,18H,5-6,11-14H2,1-4H3,(H2,20,24,25)(H2,21,22,23);1H. The van der Waals surface area contributed by atoms with Crippen LogP contribution in [0.15, 0.2) is 34.2 Å². The predicted molar refractivity (Wildman–Crippen MR) is 126 cm³/mol. The fourth-order valence-electron chi connectivity index (χ4n) is 2.64. The van der Waals surface area contributed by atoms with Gasteiger partial charge in [0.15, 0.2) is 5.96 Å². The fourth-order valence-corrected chi connectivity index (χ4v) is 3.16. The van der Waals surface area contributed by atoms with Crippen molar-refractivity contribution in [2.45, 2.75) is 51.5 Å². The van der Waals surface area contributed by atoms with Gasteiger partial charge in [-0.2, -0.15) is 0 Å². The van der Waals surface area contributed by atoms with Gasteiger partial charge in [0.25, 0.3) is 0 Å². The Hall–Kier alpha value is -0.910.